The van der Waals surface area contributed by atoms with Gasteiger partial charge in [0, 0.05) is 6.42 Å². The average molecular weight is 316 g/mol. The van der Waals surface area contributed by atoms with Gasteiger partial charge in [-0.05, 0) is 6.42 Å². The maximum absolute atomic E-state index is 11.7. The molecule has 0 aromatic carbocycles. The molecule has 1 saturated heterocycles. The Labute approximate surface area is 133 Å². The molecule has 1 fully saturated rings. The van der Waals surface area contributed by atoms with Crippen molar-refractivity contribution in [3.8, 4) is 0 Å². The highest BCUT2D eigenvalue weighted by molar-refractivity contribution is 5.89. The summed E-state index contributed by atoms with van der Waals surface area (Å²) in [6.07, 6.45) is 13.3. The molecule has 0 aromatic heterocycles. The van der Waals surface area contributed by atoms with E-state index in [-0.39, 0.29) is 6.42 Å². The van der Waals surface area contributed by atoms with Crippen molar-refractivity contribution in [2.75, 3.05) is 6.61 Å². The van der Waals surface area contributed by atoms with Crippen LogP contribution < -0.4 is 0 Å². The van der Waals surface area contributed by atoms with Crippen LogP contribution in [-0.4, -0.2) is 39.3 Å². The van der Waals surface area contributed by atoms with E-state index in [0.717, 1.165) is 12.8 Å². The first-order valence-electron chi connectivity index (χ1n) is 8.79. The Bertz CT molecular complexity index is 333. The van der Waals surface area contributed by atoms with Gasteiger partial charge in [-0.2, -0.15) is 0 Å². The van der Waals surface area contributed by atoms with E-state index in [0.29, 0.717) is 6.42 Å². The largest absolute Gasteiger partial charge is 0.391 e. The Morgan fingerprint density at radius 3 is 1.73 bits per heavy atom. The number of hydrogen-bond acceptors (Lipinski definition) is 5. The van der Waals surface area contributed by atoms with Gasteiger partial charge in [-0.25, -0.2) is 0 Å². The molecule has 0 aliphatic carbocycles. The molecule has 0 bridgehead atoms. The smallest absolute Gasteiger partial charge is 0.287 e. The summed E-state index contributed by atoms with van der Waals surface area (Å²) in [7, 11) is 0. The number of aliphatic hydroxyl groups is 3. The van der Waals surface area contributed by atoms with Crippen molar-refractivity contribution in [3.05, 3.63) is 0 Å². The molecule has 0 radical (unpaired) electrons. The Morgan fingerprint density at radius 2 is 1.32 bits per heavy atom. The molecule has 130 valence electrons. The second-order valence-electron chi connectivity index (χ2n) is 6.40. The molecule has 1 aliphatic heterocycles. The van der Waals surface area contributed by atoms with Gasteiger partial charge in [-0.3, -0.25) is 9.53 Å². The van der Waals surface area contributed by atoms with E-state index in [1.165, 1.54) is 51.4 Å². The van der Waals surface area contributed by atoms with Crippen LogP contribution in [0.25, 0.3) is 0 Å². The lowest BCUT2D eigenvalue weighted by Crippen LogP contribution is -2.36. The van der Waals surface area contributed by atoms with E-state index in [4.69, 9.17) is 5.11 Å². The van der Waals surface area contributed by atoms with Crippen LogP contribution in [0.3, 0.4) is 0 Å². The number of ketones is 1. The molecule has 1 heterocycles. The molecule has 2 unspecified atom stereocenters. The van der Waals surface area contributed by atoms with Crippen molar-refractivity contribution in [2.24, 2.45) is 0 Å². The first-order valence-corrected chi connectivity index (χ1v) is 8.79. The molecule has 22 heavy (non-hydrogen) atoms. The lowest BCUT2D eigenvalue weighted by atomic mass is 10.0. The fraction of sp³-hybridized carbons (Fsp3) is 0.941. The first kappa shape index (κ1) is 19.6. The van der Waals surface area contributed by atoms with Crippen LogP contribution in [-0.2, 0) is 9.53 Å². The summed E-state index contributed by atoms with van der Waals surface area (Å²) < 4.78 is 4.56. The highest BCUT2D eigenvalue weighted by atomic mass is 16.8. The van der Waals surface area contributed by atoms with Gasteiger partial charge < -0.3 is 15.3 Å². The molecule has 0 amide bonds. The van der Waals surface area contributed by atoms with E-state index >= 15 is 0 Å². The molecule has 0 saturated carbocycles. The molecule has 0 spiro atoms. The maximum Gasteiger partial charge on any atom is 0.287 e. The standard InChI is InChI=1S/C17H32O5/c1-2-3-4-5-6-7-8-9-10-11-12-13-15(19)17(21)16(20,14-18)22-17/h18,20-21H,2-14H2,1H3. The Balaban J connectivity index is 1.91. The zero-order valence-corrected chi connectivity index (χ0v) is 13.9. The maximum atomic E-state index is 11.7. The zero-order valence-electron chi connectivity index (χ0n) is 13.9. The van der Waals surface area contributed by atoms with Gasteiger partial charge in [-0.15, -0.1) is 0 Å². The topological polar surface area (TPSA) is 90.3 Å². The van der Waals surface area contributed by atoms with E-state index in [9.17, 15) is 15.0 Å². The number of hydrogen-bond donors (Lipinski definition) is 3. The van der Waals surface area contributed by atoms with E-state index in [1.807, 2.05) is 0 Å². The lowest BCUT2D eigenvalue weighted by molar-refractivity contribution is -0.138. The highest BCUT2D eigenvalue weighted by Gasteiger charge is 2.74. The van der Waals surface area contributed by atoms with Crippen LogP contribution in [0.4, 0.5) is 0 Å². The second-order valence-corrected chi connectivity index (χ2v) is 6.40. The number of ether oxygens (including phenoxy) is 1. The van der Waals surface area contributed by atoms with Gasteiger partial charge in [0.05, 0.1) is 0 Å². The third-order valence-corrected chi connectivity index (χ3v) is 4.40. The number of rotatable bonds is 14. The molecular weight excluding hydrogens is 284 g/mol. The number of aliphatic hydroxyl groups excluding tert-OH is 1. The van der Waals surface area contributed by atoms with Crippen molar-refractivity contribution in [2.45, 2.75) is 95.5 Å². The molecule has 5 nitrogen and oxygen atoms in total. The summed E-state index contributed by atoms with van der Waals surface area (Å²) in [6.45, 7) is 1.45. The normalized spacial score (nSPS) is 27.1. The van der Waals surface area contributed by atoms with Crippen molar-refractivity contribution < 1.29 is 24.9 Å². The SMILES string of the molecule is CCCCCCCCCCCCCC(=O)C1(O)OC1(O)CO. The van der Waals surface area contributed by atoms with Crippen LogP contribution in [0, 0.1) is 0 Å². The summed E-state index contributed by atoms with van der Waals surface area (Å²) in [5, 5.41) is 28.0. The average Bonchev–Trinajstić information content (AvgIpc) is 3.09. The second kappa shape index (κ2) is 9.60. The number of carbonyl (C=O) groups is 1. The van der Waals surface area contributed by atoms with E-state index < -0.39 is 24.0 Å². The monoisotopic (exact) mass is 316 g/mol. The fourth-order valence-electron chi connectivity index (χ4n) is 2.75. The predicted molar refractivity (Wildman–Crippen MR) is 84.2 cm³/mol. The number of Topliss-reactive ketones (excluding diaryl/α,β-unsaturated/α-hetero) is 1. The van der Waals surface area contributed by atoms with Crippen molar-refractivity contribution in [1.82, 2.24) is 0 Å². The molecule has 0 aromatic rings. The molecule has 5 heteroatoms. The van der Waals surface area contributed by atoms with Crippen molar-refractivity contribution in [3.63, 3.8) is 0 Å². The quantitative estimate of drug-likeness (QED) is 0.338. The van der Waals surface area contributed by atoms with Gasteiger partial charge in [0.2, 0.25) is 0 Å². The van der Waals surface area contributed by atoms with Crippen LogP contribution in [0.2, 0.25) is 0 Å². The minimum absolute atomic E-state index is 0.176. The van der Waals surface area contributed by atoms with Gasteiger partial charge in [0.1, 0.15) is 6.61 Å². The van der Waals surface area contributed by atoms with Crippen LogP contribution in [0.15, 0.2) is 0 Å². The summed E-state index contributed by atoms with van der Waals surface area (Å²) in [6, 6.07) is 0. The number of carbonyl (C=O) groups excluding carboxylic acids is 1. The summed E-state index contributed by atoms with van der Waals surface area (Å²) in [5.41, 5.74) is 0. The third kappa shape index (κ3) is 5.61. The summed E-state index contributed by atoms with van der Waals surface area (Å²) in [4.78, 5) is 11.7. The van der Waals surface area contributed by atoms with Crippen LogP contribution in [0.5, 0.6) is 0 Å². The summed E-state index contributed by atoms with van der Waals surface area (Å²) >= 11 is 0. The Kier molecular flexibility index (Phi) is 8.54. The van der Waals surface area contributed by atoms with Crippen molar-refractivity contribution >= 4 is 5.78 Å². The number of unbranched alkanes of at least 4 members (excludes halogenated alkanes) is 10. The van der Waals surface area contributed by atoms with E-state index in [1.54, 1.807) is 0 Å². The van der Waals surface area contributed by atoms with Gasteiger partial charge in [-0.1, -0.05) is 71.1 Å². The first-order chi connectivity index (χ1) is 10.5. The molecule has 2 atom stereocenters. The van der Waals surface area contributed by atoms with Gasteiger partial charge in [0.15, 0.2) is 5.78 Å². The van der Waals surface area contributed by atoms with Crippen molar-refractivity contribution in [1.29, 1.82) is 0 Å². The molecule has 1 rings (SSSR count). The molecule has 1 aliphatic rings. The Hall–Kier alpha value is -0.490. The molecular formula is C17H32O5. The minimum Gasteiger partial charge on any atom is -0.391 e. The van der Waals surface area contributed by atoms with Crippen LogP contribution in [0.1, 0.15) is 84.0 Å². The third-order valence-electron chi connectivity index (χ3n) is 4.40. The predicted octanol–water partition coefficient (Wildman–Crippen LogP) is 2.66. The van der Waals surface area contributed by atoms with Gasteiger partial charge in [0.25, 0.3) is 11.6 Å². The minimum atomic E-state index is -2.18. The van der Waals surface area contributed by atoms with Gasteiger partial charge >= 0.3 is 0 Å². The van der Waals surface area contributed by atoms with Crippen LogP contribution >= 0.6 is 0 Å². The zero-order chi connectivity index (χ0) is 16.5. The van der Waals surface area contributed by atoms with E-state index in [2.05, 4.69) is 11.7 Å². The fourth-order valence-corrected chi connectivity index (χ4v) is 2.75. The summed E-state index contributed by atoms with van der Waals surface area (Å²) in [5.74, 6) is -4.80. The lowest BCUT2D eigenvalue weighted by Gasteiger charge is -2.07. The number of epoxide rings is 1. The highest BCUT2D eigenvalue weighted by Crippen LogP contribution is 2.44. The Morgan fingerprint density at radius 1 is 0.864 bits per heavy atom. The molecule has 3 N–H and O–H groups in total.